The van der Waals surface area contributed by atoms with E-state index in [1.54, 1.807) is 12.4 Å². The van der Waals surface area contributed by atoms with Crippen molar-refractivity contribution in [3.05, 3.63) is 42.2 Å². The smallest absolute Gasteiger partial charge is 0.250 e. The average molecular weight is 211 g/mol. The molecule has 0 saturated heterocycles. The molecular formula is C12H9N3O. The van der Waals surface area contributed by atoms with Gasteiger partial charge in [-0.05, 0) is 6.07 Å². The normalized spacial score (nSPS) is 11.0. The van der Waals surface area contributed by atoms with E-state index in [2.05, 4.69) is 9.97 Å². The maximum absolute atomic E-state index is 11.3. The largest absolute Gasteiger partial charge is 0.366 e. The molecule has 0 fully saturated rings. The highest BCUT2D eigenvalue weighted by molar-refractivity contribution is 6.15. The summed E-state index contributed by atoms with van der Waals surface area (Å²) in [6, 6.07) is 7.68. The number of fused-ring (bicyclic) bond motifs is 3. The zero-order chi connectivity index (χ0) is 11.1. The second kappa shape index (κ2) is 3.06. The molecule has 0 aliphatic carbocycles. The molecule has 2 aromatic heterocycles. The van der Waals surface area contributed by atoms with Gasteiger partial charge in [0, 0.05) is 17.0 Å². The van der Waals surface area contributed by atoms with Gasteiger partial charge in [-0.15, -0.1) is 0 Å². The van der Waals surface area contributed by atoms with Gasteiger partial charge < -0.3 is 10.7 Å². The van der Waals surface area contributed by atoms with Gasteiger partial charge in [-0.25, -0.2) is 0 Å². The summed E-state index contributed by atoms with van der Waals surface area (Å²) < 4.78 is 0. The number of pyridine rings is 1. The molecular weight excluding hydrogens is 202 g/mol. The number of amides is 1. The molecule has 3 N–H and O–H groups in total. The molecule has 16 heavy (non-hydrogen) atoms. The van der Waals surface area contributed by atoms with Crippen molar-refractivity contribution >= 4 is 27.7 Å². The molecule has 1 aromatic carbocycles. The number of carbonyl (C=O) groups is 1. The van der Waals surface area contributed by atoms with E-state index in [0.717, 1.165) is 21.8 Å². The third-order valence-electron chi connectivity index (χ3n) is 2.68. The predicted molar refractivity (Wildman–Crippen MR) is 62.1 cm³/mol. The highest BCUT2D eigenvalue weighted by atomic mass is 16.1. The third-order valence-corrected chi connectivity index (χ3v) is 2.68. The highest BCUT2D eigenvalue weighted by Gasteiger charge is 2.11. The molecule has 0 saturated carbocycles. The van der Waals surface area contributed by atoms with Gasteiger partial charge in [-0.1, -0.05) is 18.2 Å². The number of hydrogen-bond acceptors (Lipinski definition) is 2. The number of para-hydroxylation sites is 1. The fourth-order valence-corrected chi connectivity index (χ4v) is 1.96. The standard InChI is InChI=1S/C12H9N3O/c13-12(16)8-5-14-10-6-15-9-4-2-1-3-7(9)11(8)10/h1-6,14H,(H2,13,16). The first-order chi connectivity index (χ1) is 7.77. The molecule has 2 heterocycles. The van der Waals surface area contributed by atoms with Crippen molar-refractivity contribution in [3.8, 4) is 0 Å². The van der Waals surface area contributed by atoms with Crippen molar-refractivity contribution in [1.29, 1.82) is 0 Å². The Balaban J connectivity index is 2.56. The molecule has 0 spiro atoms. The van der Waals surface area contributed by atoms with E-state index in [9.17, 15) is 4.79 Å². The first-order valence-electron chi connectivity index (χ1n) is 4.92. The molecule has 4 nitrogen and oxygen atoms in total. The minimum Gasteiger partial charge on any atom is -0.366 e. The lowest BCUT2D eigenvalue weighted by atomic mass is 10.1. The summed E-state index contributed by atoms with van der Waals surface area (Å²) in [5, 5.41) is 1.79. The van der Waals surface area contributed by atoms with E-state index in [1.165, 1.54) is 0 Å². The maximum atomic E-state index is 11.3. The van der Waals surface area contributed by atoms with Crippen LogP contribution in [-0.4, -0.2) is 15.9 Å². The second-order valence-corrected chi connectivity index (χ2v) is 3.63. The van der Waals surface area contributed by atoms with E-state index in [4.69, 9.17) is 5.73 Å². The number of nitrogens with one attached hydrogen (secondary N) is 1. The zero-order valence-corrected chi connectivity index (χ0v) is 8.40. The fourth-order valence-electron chi connectivity index (χ4n) is 1.96. The Morgan fingerprint density at radius 3 is 2.94 bits per heavy atom. The number of hydrogen-bond donors (Lipinski definition) is 2. The molecule has 0 bridgehead atoms. The number of benzene rings is 1. The van der Waals surface area contributed by atoms with Crippen molar-refractivity contribution in [3.63, 3.8) is 0 Å². The quantitative estimate of drug-likeness (QED) is 0.644. The van der Waals surface area contributed by atoms with Gasteiger partial charge in [0.05, 0.1) is 22.8 Å². The lowest BCUT2D eigenvalue weighted by molar-refractivity contribution is 0.100. The molecule has 78 valence electrons. The van der Waals surface area contributed by atoms with Crippen LogP contribution in [0.1, 0.15) is 10.4 Å². The van der Waals surface area contributed by atoms with Crippen molar-refractivity contribution < 1.29 is 4.79 Å². The van der Waals surface area contributed by atoms with Crippen LogP contribution in [0.3, 0.4) is 0 Å². The van der Waals surface area contributed by atoms with Gasteiger partial charge in [0.1, 0.15) is 0 Å². The summed E-state index contributed by atoms with van der Waals surface area (Å²) >= 11 is 0. The molecule has 3 aromatic rings. The van der Waals surface area contributed by atoms with Crippen LogP contribution in [0.15, 0.2) is 36.7 Å². The number of carbonyl (C=O) groups excluding carboxylic acids is 1. The Kier molecular flexibility index (Phi) is 1.71. The maximum Gasteiger partial charge on any atom is 0.250 e. The summed E-state index contributed by atoms with van der Waals surface area (Å²) in [5.74, 6) is -0.428. The Morgan fingerprint density at radius 2 is 2.12 bits per heavy atom. The summed E-state index contributed by atoms with van der Waals surface area (Å²) in [4.78, 5) is 18.6. The van der Waals surface area contributed by atoms with Crippen LogP contribution in [0.2, 0.25) is 0 Å². The molecule has 1 amide bonds. The molecule has 0 aliphatic heterocycles. The number of nitrogens with two attached hydrogens (primary N) is 1. The highest BCUT2D eigenvalue weighted by Crippen LogP contribution is 2.25. The molecule has 0 aliphatic rings. The van der Waals surface area contributed by atoms with Crippen LogP contribution < -0.4 is 5.73 Å². The lowest BCUT2D eigenvalue weighted by Crippen LogP contribution is -2.10. The van der Waals surface area contributed by atoms with Gasteiger partial charge in [0.25, 0.3) is 5.91 Å². The predicted octanol–water partition coefficient (Wildman–Crippen LogP) is 1.81. The lowest BCUT2D eigenvalue weighted by Gasteiger charge is -1.99. The number of H-pyrrole nitrogens is 1. The third kappa shape index (κ3) is 1.10. The summed E-state index contributed by atoms with van der Waals surface area (Å²) in [6.45, 7) is 0. The molecule has 0 unspecified atom stereocenters. The van der Waals surface area contributed by atoms with Crippen LogP contribution in [-0.2, 0) is 0 Å². The van der Waals surface area contributed by atoms with Crippen molar-refractivity contribution in [2.45, 2.75) is 0 Å². The van der Waals surface area contributed by atoms with Gasteiger partial charge in [-0.3, -0.25) is 9.78 Å². The zero-order valence-electron chi connectivity index (χ0n) is 8.40. The van der Waals surface area contributed by atoms with E-state index >= 15 is 0 Å². The number of aromatic amines is 1. The van der Waals surface area contributed by atoms with Gasteiger partial charge in [0.2, 0.25) is 0 Å². The summed E-state index contributed by atoms with van der Waals surface area (Å²) in [5.41, 5.74) is 7.53. The van der Waals surface area contributed by atoms with Crippen molar-refractivity contribution in [2.24, 2.45) is 5.73 Å². The van der Waals surface area contributed by atoms with E-state index in [0.29, 0.717) is 5.56 Å². The Labute approximate surface area is 91.1 Å². The number of aromatic nitrogens is 2. The van der Waals surface area contributed by atoms with Gasteiger partial charge in [0.15, 0.2) is 0 Å². The summed E-state index contributed by atoms with van der Waals surface area (Å²) in [7, 11) is 0. The first kappa shape index (κ1) is 8.91. The molecule has 4 heteroatoms. The summed E-state index contributed by atoms with van der Waals surface area (Å²) in [6.07, 6.45) is 3.34. The van der Waals surface area contributed by atoms with E-state index in [-0.39, 0.29) is 0 Å². The number of nitrogens with zero attached hydrogens (tertiary/aromatic N) is 1. The minimum absolute atomic E-state index is 0.428. The second-order valence-electron chi connectivity index (χ2n) is 3.63. The van der Waals surface area contributed by atoms with Crippen LogP contribution in [0, 0.1) is 0 Å². The van der Waals surface area contributed by atoms with Crippen LogP contribution in [0.4, 0.5) is 0 Å². The van der Waals surface area contributed by atoms with Crippen LogP contribution in [0.25, 0.3) is 21.8 Å². The van der Waals surface area contributed by atoms with E-state index < -0.39 is 5.91 Å². The fraction of sp³-hybridized carbons (Fsp3) is 0. The number of rotatable bonds is 1. The SMILES string of the molecule is NC(=O)c1c[nH]c2cnc3ccccc3c12. The van der Waals surface area contributed by atoms with Gasteiger partial charge in [-0.2, -0.15) is 0 Å². The van der Waals surface area contributed by atoms with Crippen molar-refractivity contribution in [2.75, 3.05) is 0 Å². The van der Waals surface area contributed by atoms with Crippen LogP contribution in [0.5, 0.6) is 0 Å². The Morgan fingerprint density at radius 1 is 1.31 bits per heavy atom. The van der Waals surface area contributed by atoms with Gasteiger partial charge >= 0.3 is 0 Å². The topological polar surface area (TPSA) is 71.8 Å². The minimum atomic E-state index is -0.428. The van der Waals surface area contributed by atoms with Crippen molar-refractivity contribution in [1.82, 2.24) is 9.97 Å². The number of primary amides is 1. The molecule has 0 atom stereocenters. The van der Waals surface area contributed by atoms with E-state index in [1.807, 2.05) is 24.3 Å². The molecule has 3 rings (SSSR count). The first-order valence-corrected chi connectivity index (χ1v) is 4.92. The average Bonchev–Trinajstić information content (AvgIpc) is 2.73. The Hall–Kier alpha value is -2.36. The van der Waals surface area contributed by atoms with Crippen LogP contribution >= 0.6 is 0 Å². The Bertz CT molecular complexity index is 700. The molecule has 0 radical (unpaired) electrons. The monoisotopic (exact) mass is 211 g/mol.